The van der Waals surface area contributed by atoms with E-state index < -0.39 is 17.7 Å². The van der Waals surface area contributed by atoms with Crippen molar-refractivity contribution in [3.8, 4) is 0 Å². The minimum Gasteiger partial charge on any atom is -0.320 e. The molecule has 100 valence electrons. The molecule has 1 unspecified atom stereocenters. The molecule has 1 atom stereocenters. The fourth-order valence-corrected chi connectivity index (χ4v) is 2.57. The molecular weight excluding hydrogens is 403 g/mol. The standard InChI is InChI=1S/C13H8Br2ClF2N/c14-8-5-4-7(12(18)10(8)16)13(19)6-2-1-3-9(15)11(6)17/h1-5,13H,19H2. The summed E-state index contributed by atoms with van der Waals surface area (Å²) in [5, 5.41) is -0.0663. The first-order valence-corrected chi connectivity index (χ1v) is 7.22. The van der Waals surface area contributed by atoms with E-state index in [0.717, 1.165) is 0 Å². The van der Waals surface area contributed by atoms with Gasteiger partial charge in [-0.05, 0) is 44.0 Å². The van der Waals surface area contributed by atoms with Gasteiger partial charge in [-0.15, -0.1) is 0 Å². The van der Waals surface area contributed by atoms with E-state index in [2.05, 4.69) is 31.9 Å². The first kappa shape index (κ1) is 14.9. The third kappa shape index (κ3) is 2.84. The Labute approximate surface area is 131 Å². The van der Waals surface area contributed by atoms with Crippen LogP contribution in [-0.2, 0) is 0 Å². The minimum atomic E-state index is -0.928. The Bertz CT molecular complexity index is 634. The Kier molecular flexibility index (Phi) is 4.61. The van der Waals surface area contributed by atoms with Crippen LogP contribution in [0.3, 0.4) is 0 Å². The average Bonchev–Trinajstić information content (AvgIpc) is 2.39. The molecule has 0 bridgehead atoms. The lowest BCUT2D eigenvalue weighted by atomic mass is 9.99. The molecule has 2 rings (SSSR count). The molecular formula is C13H8Br2ClF2N. The van der Waals surface area contributed by atoms with E-state index in [1.54, 1.807) is 18.2 Å². The summed E-state index contributed by atoms with van der Waals surface area (Å²) in [4.78, 5) is 0. The van der Waals surface area contributed by atoms with Crippen molar-refractivity contribution < 1.29 is 8.78 Å². The fraction of sp³-hybridized carbons (Fsp3) is 0.0769. The van der Waals surface area contributed by atoms with Crippen molar-refractivity contribution in [1.82, 2.24) is 0 Å². The van der Waals surface area contributed by atoms with Crippen molar-refractivity contribution in [2.24, 2.45) is 5.73 Å². The van der Waals surface area contributed by atoms with Gasteiger partial charge in [0.25, 0.3) is 0 Å². The topological polar surface area (TPSA) is 26.0 Å². The first-order valence-electron chi connectivity index (χ1n) is 5.26. The van der Waals surface area contributed by atoms with E-state index in [0.29, 0.717) is 4.47 Å². The molecule has 0 saturated heterocycles. The normalized spacial score (nSPS) is 12.5. The van der Waals surface area contributed by atoms with Crippen molar-refractivity contribution in [2.45, 2.75) is 6.04 Å². The van der Waals surface area contributed by atoms with Crippen molar-refractivity contribution in [1.29, 1.82) is 0 Å². The lowest BCUT2D eigenvalue weighted by Crippen LogP contribution is -2.15. The number of rotatable bonds is 2. The highest BCUT2D eigenvalue weighted by atomic mass is 79.9. The van der Waals surface area contributed by atoms with Crippen LogP contribution in [0.4, 0.5) is 8.78 Å². The molecule has 2 N–H and O–H groups in total. The van der Waals surface area contributed by atoms with Gasteiger partial charge in [0.15, 0.2) is 0 Å². The van der Waals surface area contributed by atoms with Crippen LogP contribution in [-0.4, -0.2) is 0 Å². The zero-order valence-corrected chi connectivity index (χ0v) is 13.4. The predicted octanol–water partition coefficient (Wildman–Crippen LogP) is 5.19. The Morgan fingerprint density at radius 2 is 1.58 bits per heavy atom. The second-order valence-electron chi connectivity index (χ2n) is 3.89. The quantitative estimate of drug-likeness (QED) is 0.676. The van der Waals surface area contributed by atoms with Gasteiger partial charge in [0.05, 0.1) is 15.5 Å². The van der Waals surface area contributed by atoms with Crippen molar-refractivity contribution >= 4 is 43.5 Å². The molecule has 6 heteroatoms. The summed E-state index contributed by atoms with van der Waals surface area (Å²) < 4.78 is 28.7. The van der Waals surface area contributed by atoms with Gasteiger partial charge in [-0.2, -0.15) is 0 Å². The summed E-state index contributed by atoms with van der Waals surface area (Å²) >= 11 is 12.0. The summed E-state index contributed by atoms with van der Waals surface area (Å²) in [5.74, 6) is -1.16. The zero-order chi connectivity index (χ0) is 14.2. The summed E-state index contributed by atoms with van der Waals surface area (Å²) in [7, 11) is 0. The van der Waals surface area contributed by atoms with E-state index >= 15 is 0 Å². The van der Waals surface area contributed by atoms with Crippen molar-refractivity contribution in [3.05, 3.63) is 67.1 Å². The Hall–Kier alpha value is -0.490. The van der Waals surface area contributed by atoms with E-state index in [1.807, 2.05) is 0 Å². The lowest BCUT2D eigenvalue weighted by molar-refractivity contribution is 0.572. The van der Waals surface area contributed by atoms with Gasteiger partial charge in [0.1, 0.15) is 11.6 Å². The highest BCUT2D eigenvalue weighted by Gasteiger charge is 2.20. The van der Waals surface area contributed by atoms with Crippen LogP contribution in [0.2, 0.25) is 5.02 Å². The van der Waals surface area contributed by atoms with Crippen LogP contribution in [0, 0.1) is 11.6 Å². The largest absolute Gasteiger partial charge is 0.320 e. The van der Waals surface area contributed by atoms with Gasteiger partial charge >= 0.3 is 0 Å². The maximum Gasteiger partial charge on any atom is 0.148 e. The second kappa shape index (κ2) is 5.87. The van der Waals surface area contributed by atoms with Crippen molar-refractivity contribution in [2.75, 3.05) is 0 Å². The molecule has 0 saturated carbocycles. The minimum absolute atomic E-state index is 0.0663. The van der Waals surface area contributed by atoms with Gasteiger partial charge in [0.2, 0.25) is 0 Å². The molecule has 2 aromatic carbocycles. The molecule has 0 radical (unpaired) electrons. The van der Waals surface area contributed by atoms with Crippen LogP contribution in [0.1, 0.15) is 17.2 Å². The van der Waals surface area contributed by atoms with E-state index in [4.69, 9.17) is 17.3 Å². The third-order valence-electron chi connectivity index (χ3n) is 2.72. The van der Waals surface area contributed by atoms with E-state index in [9.17, 15) is 8.78 Å². The van der Waals surface area contributed by atoms with Gasteiger partial charge in [-0.25, -0.2) is 8.78 Å². The fourth-order valence-electron chi connectivity index (χ4n) is 1.71. The smallest absolute Gasteiger partial charge is 0.148 e. The Balaban J connectivity index is 2.53. The van der Waals surface area contributed by atoms with Gasteiger partial charge in [0, 0.05) is 15.6 Å². The summed E-state index contributed by atoms with van der Waals surface area (Å²) in [6.45, 7) is 0. The Morgan fingerprint density at radius 3 is 2.26 bits per heavy atom. The lowest BCUT2D eigenvalue weighted by Gasteiger charge is -2.16. The molecule has 0 aliphatic carbocycles. The molecule has 1 nitrogen and oxygen atoms in total. The van der Waals surface area contributed by atoms with Gasteiger partial charge in [-0.3, -0.25) is 0 Å². The van der Waals surface area contributed by atoms with Crippen LogP contribution in [0.5, 0.6) is 0 Å². The second-order valence-corrected chi connectivity index (χ2v) is 5.97. The third-order valence-corrected chi connectivity index (χ3v) is 4.59. The number of hydrogen-bond acceptors (Lipinski definition) is 1. The van der Waals surface area contributed by atoms with E-state index in [-0.39, 0.29) is 20.6 Å². The molecule has 19 heavy (non-hydrogen) atoms. The van der Waals surface area contributed by atoms with Gasteiger partial charge in [-0.1, -0.05) is 29.8 Å². The number of nitrogens with two attached hydrogens (primary N) is 1. The predicted molar refractivity (Wildman–Crippen MR) is 79.2 cm³/mol. The highest BCUT2D eigenvalue weighted by molar-refractivity contribution is 9.10. The molecule has 0 aromatic heterocycles. The van der Waals surface area contributed by atoms with E-state index in [1.165, 1.54) is 12.1 Å². The molecule has 0 fully saturated rings. The zero-order valence-electron chi connectivity index (χ0n) is 9.43. The van der Waals surface area contributed by atoms with Crippen LogP contribution >= 0.6 is 43.5 Å². The summed E-state index contributed by atoms with van der Waals surface area (Å²) in [6, 6.07) is 6.84. The van der Waals surface area contributed by atoms with Crippen LogP contribution in [0.15, 0.2) is 39.3 Å². The average molecular weight is 411 g/mol. The SMILES string of the molecule is NC(c1cccc(Br)c1F)c1ccc(Br)c(Cl)c1F. The summed E-state index contributed by atoms with van der Waals surface area (Å²) in [6.07, 6.45) is 0. The first-order chi connectivity index (χ1) is 8.93. The number of benzene rings is 2. The summed E-state index contributed by atoms with van der Waals surface area (Å²) in [5.41, 5.74) is 6.28. The monoisotopic (exact) mass is 409 g/mol. The number of halogens is 5. The molecule has 2 aromatic rings. The van der Waals surface area contributed by atoms with Gasteiger partial charge < -0.3 is 5.73 Å². The maximum absolute atomic E-state index is 14.1. The Morgan fingerprint density at radius 1 is 0.947 bits per heavy atom. The molecule has 0 heterocycles. The van der Waals surface area contributed by atoms with Crippen molar-refractivity contribution in [3.63, 3.8) is 0 Å². The molecule has 0 amide bonds. The number of hydrogen-bond donors (Lipinski definition) is 1. The molecule has 0 spiro atoms. The molecule has 0 aliphatic rings. The van der Waals surface area contributed by atoms with Crippen LogP contribution in [0.25, 0.3) is 0 Å². The maximum atomic E-state index is 14.1. The highest BCUT2D eigenvalue weighted by Crippen LogP contribution is 2.33. The molecule has 0 aliphatic heterocycles. The van der Waals surface area contributed by atoms with Crippen LogP contribution < -0.4 is 5.73 Å².